The molecule has 1 N–H and O–H groups in total. The van der Waals surface area contributed by atoms with Crippen LogP contribution in [-0.4, -0.2) is 6.61 Å². The Morgan fingerprint density at radius 1 is 0.870 bits per heavy atom. The third-order valence-electron chi connectivity index (χ3n) is 3.78. The highest BCUT2D eigenvalue weighted by molar-refractivity contribution is 5.43. The van der Waals surface area contributed by atoms with Crippen LogP contribution in [0.1, 0.15) is 44.6 Å². The Morgan fingerprint density at radius 3 is 2.26 bits per heavy atom. The van der Waals surface area contributed by atoms with Gasteiger partial charge in [-0.05, 0) is 48.4 Å². The maximum atomic E-state index is 12.8. The average molecular weight is 315 g/mol. The predicted molar refractivity (Wildman–Crippen MR) is 94.4 cm³/mol. The van der Waals surface area contributed by atoms with E-state index in [4.69, 9.17) is 4.74 Å². The minimum atomic E-state index is -0.216. The van der Waals surface area contributed by atoms with E-state index in [1.165, 1.54) is 43.4 Å². The maximum Gasteiger partial charge on any atom is 0.123 e. The van der Waals surface area contributed by atoms with Crippen LogP contribution in [0.3, 0.4) is 0 Å². The van der Waals surface area contributed by atoms with Crippen LogP contribution < -0.4 is 10.1 Å². The molecule has 0 heterocycles. The number of nitrogens with one attached hydrogen (secondary N) is 1. The van der Waals surface area contributed by atoms with E-state index in [9.17, 15) is 4.39 Å². The third-order valence-corrected chi connectivity index (χ3v) is 3.78. The molecule has 124 valence electrons. The van der Waals surface area contributed by atoms with Gasteiger partial charge in [-0.2, -0.15) is 0 Å². The lowest BCUT2D eigenvalue weighted by Crippen LogP contribution is -2.00. The zero-order valence-electron chi connectivity index (χ0n) is 13.9. The minimum Gasteiger partial charge on any atom is -0.494 e. The molecule has 2 aromatic rings. The van der Waals surface area contributed by atoms with Crippen LogP contribution in [0.5, 0.6) is 5.75 Å². The third kappa shape index (κ3) is 6.72. The fourth-order valence-corrected chi connectivity index (χ4v) is 2.37. The van der Waals surface area contributed by atoms with E-state index < -0.39 is 0 Å². The van der Waals surface area contributed by atoms with Gasteiger partial charge in [-0.15, -0.1) is 0 Å². The van der Waals surface area contributed by atoms with Gasteiger partial charge in [0.05, 0.1) is 6.61 Å². The minimum absolute atomic E-state index is 0.216. The monoisotopic (exact) mass is 315 g/mol. The molecule has 0 atom stereocenters. The van der Waals surface area contributed by atoms with E-state index in [1.807, 2.05) is 12.1 Å². The van der Waals surface area contributed by atoms with Crippen molar-refractivity contribution < 1.29 is 9.13 Å². The van der Waals surface area contributed by atoms with Crippen molar-refractivity contribution in [1.29, 1.82) is 0 Å². The van der Waals surface area contributed by atoms with Gasteiger partial charge in [0, 0.05) is 12.2 Å². The molecule has 23 heavy (non-hydrogen) atoms. The molecule has 3 heteroatoms. The molecule has 0 bridgehead atoms. The van der Waals surface area contributed by atoms with Crippen LogP contribution in [0.2, 0.25) is 0 Å². The Morgan fingerprint density at radius 2 is 1.57 bits per heavy atom. The Bertz CT molecular complexity index is 551. The van der Waals surface area contributed by atoms with Crippen molar-refractivity contribution in [2.24, 2.45) is 0 Å². The fourth-order valence-electron chi connectivity index (χ4n) is 2.37. The van der Waals surface area contributed by atoms with Gasteiger partial charge in [0.2, 0.25) is 0 Å². The summed E-state index contributed by atoms with van der Waals surface area (Å²) in [7, 11) is 0. The van der Waals surface area contributed by atoms with E-state index >= 15 is 0 Å². The second kappa shape index (κ2) is 9.88. The summed E-state index contributed by atoms with van der Waals surface area (Å²) in [6.07, 6.45) is 6.25. The molecule has 0 unspecified atom stereocenters. The average Bonchev–Trinajstić information content (AvgIpc) is 2.58. The van der Waals surface area contributed by atoms with Crippen molar-refractivity contribution in [2.45, 2.75) is 45.6 Å². The van der Waals surface area contributed by atoms with Crippen molar-refractivity contribution in [3.63, 3.8) is 0 Å². The van der Waals surface area contributed by atoms with Crippen molar-refractivity contribution in [2.75, 3.05) is 11.9 Å². The van der Waals surface area contributed by atoms with Crippen LogP contribution in [0.25, 0.3) is 0 Å². The first-order valence-electron chi connectivity index (χ1n) is 8.49. The number of hydrogen-bond donors (Lipinski definition) is 1. The Labute approximate surface area is 138 Å². The SMILES string of the molecule is CCCCCCCOc1ccc(CNc2ccc(F)cc2)cc1. The van der Waals surface area contributed by atoms with E-state index in [0.29, 0.717) is 6.54 Å². The molecular formula is C20H26FNO. The number of ether oxygens (including phenoxy) is 1. The summed E-state index contributed by atoms with van der Waals surface area (Å²) < 4.78 is 18.6. The lowest BCUT2D eigenvalue weighted by molar-refractivity contribution is 0.304. The van der Waals surface area contributed by atoms with Crippen molar-refractivity contribution in [3.8, 4) is 5.75 Å². The maximum absolute atomic E-state index is 12.8. The largest absolute Gasteiger partial charge is 0.494 e. The van der Waals surface area contributed by atoms with Crippen molar-refractivity contribution in [3.05, 3.63) is 59.9 Å². The molecule has 0 fully saturated rings. The molecule has 2 rings (SSSR count). The predicted octanol–water partition coefficient (Wildman–Crippen LogP) is 5.79. The van der Waals surface area contributed by atoms with Gasteiger partial charge in [-0.1, -0.05) is 44.7 Å². The van der Waals surface area contributed by atoms with Gasteiger partial charge < -0.3 is 10.1 Å². The van der Waals surface area contributed by atoms with Gasteiger partial charge in [-0.3, -0.25) is 0 Å². The first-order chi connectivity index (χ1) is 11.3. The van der Waals surface area contributed by atoms with Crippen molar-refractivity contribution >= 4 is 5.69 Å². The van der Waals surface area contributed by atoms with Crippen LogP contribution in [0, 0.1) is 5.82 Å². The second-order valence-electron chi connectivity index (χ2n) is 5.77. The number of hydrogen-bond acceptors (Lipinski definition) is 2. The number of halogens is 1. The quantitative estimate of drug-likeness (QED) is 0.560. The van der Waals surface area contributed by atoms with E-state index in [0.717, 1.165) is 24.5 Å². The summed E-state index contributed by atoms with van der Waals surface area (Å²) in [5.74, 6) is 0.706. The molecule has 0 spiro atoms. The van der Waals surface area contributed by atoms with Crippen LogP contribution in [-0.2, 0) is 6.54 Å². The summed E-state index contributed by atoms with van der Waals surface area (Å²) in [6.45, 7) is 3.73. The lowest BCUT2D eigenvalue weighted by atomic mass is 10.2. The molecule has 0 aliphatic heterocycles. The molecule has 0 aromatic heterocycles. The normalized spacial score (nSPS) is 10.5. The summed E-state index contributed by atoms with van der Waals surface area (Å²) in [5, 5.41) is 3.27. The molecule has 0 amide bonds. The first kappa shape index (κ1) is 17.3. The lowest BCUT2D eigenvalue weighted by Gasteiger charge is -2.09. The Balaban J connectivity index is 1.68. The number of anilines is 1. The molecular weight excluding hydrogens is 289 g/mol. The number of unbranched alkanes of at least 4 members (excludes halogenated alkanes) is 4. The van der Waals surface area contributed by atoms with Crippen molar-refractivity contribution in [1.82, 2.24) is 0 Å². The summed E-state index contributed by atoms with van der Waals surface area (Å²) in [4.78, 5) is 0. The van der Waals surface area contributed by atoms with E-state index in [2.05, 4.69) is 24.4 Å². The zero-order valence-corrected chi connectivity index (χ0v) is 13.9. The molecule has 2 nitrogen and oxygen atoms in total. The molecule has 0 radical (unpaired) electrons. The highest BCUT2D eigenvalue weighted by atomic mass is 19.1. The molecule has 0 aliphatic rings. The van der Waals surface area contributed by atoms with Crippen LogP contribution in [0.15, 0.2) is 48.5 Å². The molecule has 0 aliphatic carbocycles. The zero-order chi connectivity index (χ0) is 16.3. The summed E-state index contributed by atoms with van der Waals surface area (Å²) >= 11 is 0. The van der Waals surface area contributed by atoms with Gasteiger partial charge in [0.1, 0.15) is 11.6 Å². The fraction of sp³-hybridized carbons (Fsp3) is 0.400. The number of rotatable bonds is 10. The molecule has 0 saturated heterocycles. The van der Waals surface area contributed by atoms with E-state index in [1.54, 1.807) is 12.1 Å². The standard InChI is InChI=1S/C20H26FNO/c1-2-3-4-5-6-15-23-20-13-7-17(8-14-20)16-22-19-11-9-18(21)10-12-19/h7-14,22H,2-6,15-16H2,1H3. The van der Waals surface area contributed by atoms with Gasteiger partial charge in [-0.25, -0.2) is 4.39 Å². The topological polar surface area (TPSA) is 21.3 Å². The summed E-state index contributed by atoms with van der Waals surface area (Å²) in [5.41, 5.74) is 2.09. The Kier molecular flexibility index (Phi) is 7.44. The van der Waals surface area contributed by atoms with Gasteiger partial charge in [0.15, 0.2) is 0 Å². The van der Waals surface area contributed by atoms with E-state index in [-0.39, 0.29) is 5.82 Å². The second-order valence-corrected chi connectivity index (χ2v) is 5.77. The smallest absolute Gasteiger partial charge is 0.123 e. The number of benzene rings is 2. The highest BCUT2D eigenvalue weighted by Gasteiger charge is 1.98. The van der Waals surface area contributed by atoms with Crippen LogP contribution in [0.4, 0.5) is 10.1 Å². The first-order valence-corrected chi connectivity index (χ1v) is 8.49. The summed E-state index contributed by atoms with van der Waals surface area (Å²) in [6, 6.07) is 14.5. The molecule has 0 saturated carbocycles. The van der Waals surface area contributed by atoms with Crippen LogP contribution >= 0.6 is 0 Å². The Hall–Kier alpha value is -2.03. The van der Waals surface area contributed by atoms with Gasteiger partial charge >= 0.3 is 0 Å². The highest BCUT2D eigenvalue weighted by Crippen LogP contribution is 2.15. The molecule has 2 aromatic carbocycles. The van der Waals surface area contributed by atoms with Gasteiger partial charge in [0.25, 0.3) is 0 Å².